The Balaban J connectivity index is 0.00000162. The molecular formula is C11H10Cl2N2O2S. The molecule has 7 heteroatoms. The summed E-state index contributed by atoms with van der Waals surface area (Å²) in [7, 11) is 0. The zero-order valence-electron chi connectivity index (χ0n) is 9.08. The van der Waals surface area contributed by atoms with Gasteiger partial charge in [0, 0.05) is 6.07 Å². The summed E-state index contributed by atoms with van der Waals surface area (Å²) in [6.45, 7) is 0. The van der Waals surface area contributed by atoms with E-state index in [4.69, 9.17) is 17.3 Å². The van der Waals surface area contributed by atoms with E-state index in [0.717, 1.165) is 5.56 Å². The second kappa shape index (κ2) is 6.15. The van der Waals surface area contributed by atoms with Crippen molar-refractivity contribution in [3.63, 3.8) is 0 Å². The molecule has 1 aromatic carbocycles. The quantitative estimate of drug-likeness (QED) is 0.693. The van der Waals surface area contributed by atoms with Gasteiger partial charge in [-0.25, -0.2) is 0 Å². The lowest BCUT2D eigenvalue weighted by Gasteiger charge is -2.10. The third kappa shape index (κ3) is 3.00. The maximum Gasteiger partial charge on any atom is 0.288 e. The Morgan fingerprint density at radius 2 is 2.06 bits per heavy atom. The highest BCUT2D eigenvalue weighted by molar-refractivity contribution is 7.08. The normalized spacial score (nSPS) is 11.7. The van der Waals surface area contributed by atoms with E-state index in [-0.39, 0.29) is 29.2 Å². The molecule has 0 aliphatic rings. The lowest BCUT2D eigenvalue weighted by Crippen LogP contribution is -2.11. The molecule has 0 amide bonds. The van der Waals surface area contributed by atoms with Crippen molar-refractivity contribution in [3.05, 3.63) is 61.3 Å². The van der Waals surface area contributed by atoms with Crippen molar-refractivity contribution in [1.82, 2.24) is 0 Å². The summed E-state index contributed by atoms with van der Waals surface area (Å²) < 4.78 is 0. The number of nitrogens with two attached hydrogens (primary N) is 1. The molecule has 1 atom stereocenters. The van der Waals surface area contributed by atoms with Gasteiger partial charge < -0.3 is 5.73 Å². The number of nitro benzene ring substituents is 1. The van der Waals surface area contributed by atoms with Crippen molar-refractivity contribution in [3.8, 4) is 0 Å². The highest BCUT2D eigenvalue weighted by Crippen LogP contribution is 2.29. The number of hydrogen-bond donors (Lipinski definition) is 1. The van der Waals surface area contributed by atoms with Crippen LogP contribution in [0.5, 0.6) is 0 Å². The van der Waals surface area contributed by atoms with Gasteiger partial charge in [0.1, 0.15) is 5.02 Å². The van der Waals surface area contributed by atoms with E-state index >= 15 is 0 Å². The maximum atomic E-state index is 10.8. The highest BCUT2D eigenvalue weighted by atomic mass is 35.5. The van der Waals surface area contributed by atoms with E-state index < -0.39 is 4.92 Å². The van der Waals surface area contributed by atoms with Gasteiger partial charge >= 0.3 is 0 Å². The van der Waals surface area contributed by atoms with Crippen LogP contribution >= 0.6 is 35.3 Å². The molecule has 2 aromatic rings. The SMILES string of the molecule is Cl.N[C@@H](c1ccsc1)c1ccc(Cl)c([N+](=O)[O-])c1. The third-order valence-corrected chi connectivity index (χ3v) is 3.45. The standard InChI is InChI=1S/C11H9ClN2O2S.ClH/c12-9-2-1-7(5-10(9)14(15)16)11(13)8-3-4-17-6-8;/h1-6,11H,13H2;1H/t11-;/m1./s1. The molecule has 1 heterocycles. The molecule has 4 nitrogen and oxygen atoms in total. The summed E-state index contributed by atoms with van der Waals surface area (Å²) >= 11 is 7.28. The summed E-state index contributed by atoms with van der Waals surface area (Å²) in [5.74, 6) is 0. The van der Waals surface area contributed by atoms with Crippen molar-refractivity contribution >= 4 is 41.0 Å². The van der Waals surface area contributed by atoms with E-state index in [9.17, 15) is 10.1 Å². The first-order valence-electron chi connectivity index (χ1n) is 4.81. The summed E-state index contributed by atoms with van der Waals surface area (Å²) in [6, 6.07) is 6.16. The molecular weight excluding hydrogens is 295 g/mol. The summed E-state index contributed by atoms with van der Waals surface area (Å²) in [5.41, 5.74) is 7.52. The Morgan fingerprint density at radius 1 is 1.33 bits per heavy atom. The summed E-state index contributed by atoms with van der Waals surface area (Å²) in [6.07, 6.45) is 0. The number of rotatable bonds is 3. The molecule has 2 rings (SSSR count). The molecule has 18 heavy (non-hydrogen) atoms. The molecule has 0 unspecified atom stereocenters. The van der Waals surface area contributed by atoms with Crippen LogP contribution in [-0.4, -0.2) is 4.92 Å². The highest BCUT2D eigenvalue weighted by Gasteiger charge is 2.17. The van der Waals surface area contributed by atoms with Gasteiger partial charge in [0.15, 0.2) is 0 Å². The molecule has 0 spiro atoms. The number of nitrogens with zero attached hydrogens (tertiary/aromatic N) is 1. The Hall–Kier alpha value is -1.14. The van der Waals surface area contributed by atoms with Gasteiger partial charge in [-0.1, -0.05) is 17.7 Å². The van der Waals surface area contributed by atoms with Crippen molar-refractivity contribution in [1.29, 1.82) is 0 Å². The number of thiophene rings is 1. The molecule has 2 N–H and O–H groups in total. The van der Waals surface area contributed by atoms with Crippen molar-refractivity contribution < 1.29 is 4.92 Å². The molecule has 1 aromatic heterocycles. The predicted molar refractivity (Wildman–Crippen MR) is 75.7 cm³/mol. The minimum atomic E-state index is -0.508. The van der Waals surface area contributed by atoms with Crippen LogP contribution in [0.2, 0.25) is 5.02 Å². The molecule has 0 aliphatic heterocycles. The Labute approximate surface area is 119 Å². The van der Waals surface area contributed by atoms with Gasteiger partial charge in [-0.2, -0.15) is 11.3 Å². The van der Waals surface area contributed by atoms with Gasteiger partial charge in [0.05, 0.1) is 11.0 Å². The fourth-order valence-electron chi connectivity index (χ4n) is 1.51. The van der Waals surface area contributed by atoms with Crippen LogP contribution < -0.4 is 5.73 Å². The molecule has 0 fully saturated rings. The Morgan fingerprint density at radius 3 is 2.61 bits per heavy atom. The maximum absolute atomic E-state index is 10.8. The van der Waals surface area contributed by atoms with Crippen LogP contribution in [0, 0.1) is 10.1 Å². The summed E-state index contributed by atoms with van der Waals surface area (Å²) in [4.78, 5) is 10.3. The molecule has 0 aliphatic carbocycles. The van der Waals surface area contributed by atoms with Gasteiger partial charge in [-0.15, -0.1) is 12.4 Å². The molecule has 0 saturated heterocycles. The minimum Gasteiger partial charge on any atom is -0.320 e. The van der Waals surface area contributed by atoms with Crippen molar-refractivity contribution in [2.24, 2.45) is 5.73 Å². The number of halogens is 2. The van der Waals surface area contributed by atoms with Gasteiger partial charge in [0.2, 0.25) is 0 Å². The second-order valence-electron chi connectivity index (χ2n) is 3.50. The van der Waals surface area contributed by atoms with E-state index in [0.29, 0.717) is 5.56 Å². The zero-order valence-corrected chi connectivity index (χ0v) is 11.5. The largest absolute Gasteiger partial charge is 0.320 e. The lowest BCUT2D eigenvalue weighted by molar-refractivity contribution is -0.384. The average Bonchev–Trinajstić information content (AvgIpc) is 2.81. The van der Waals surface area contributed by atoms with Crippen LogP contribution in [0.15, 0.2) is 35.0 Å². The van der Waals surface area contributed by atoms with Gasteiger partial charge in [-0.05, 0) is 34.0 Å². The van der Waals surface area contributed by atoms with Crippen molar-refractivity contribution in [2.45, 2.75) is 6.04 Å². The van der Waals surface area contributed by atoms with Crippen LogP contribution in [0.1, 0.15) is 17.2 Å². The Bertz CT molecular complexity index is 546. The molecule has 0 bridgehead atoms. The lowest BCUT2D eigenvalue weighted by atomic mass is 10.0. The third-order valence-electron chi connectivity index (χ3n) is 2.43. The smallest absolute Gasteiger partial charge is 0.288 e. The van der Waals surface area contributed by atoms with E-state index in [1.165, 1.54) is 23.5 Å². The van der Waals surface area contributed by atoms with Crippen LogP contribution in [0.25, 0.3) is 0 Å². The summed E-state index contributed by atoms with van der Waals surface area (Å²) in [5, 5.41) is 14.7. The fourth-order valence-corrected chi connectivity index (χ4v) is 2.39. The van der Waals surface area contributed by atoms with Crippen LogP contribution in [-0.2, 0) is 0 Å². The number of benzene rings is 1. The first kappa shape index (κ1) is 14.9. The first-order valence-corrected chi connectivity index (χ1v) is 6.13. The zero-order chi connectivity index (χ0) is 12.4. The predicted octanol–water partition coefficient (Wildman–Crippen LogP) is 3.78. The second-order valence-corrected chi connectivity index (χ2v) is 4.69. The van der Waals surface area contributed by atoms with Crippen LogP contribution in [0.4, 0.5) is 5.69 Å². The van der Waals surface area contributed by atoms with Crippen molar-refractivity contribution in [2.75, 3.05) is 0 Å². The number of hydrogen-bond acceptors (Lipinski definition) is 4. The Kier molecular flexibility index (Phi) is 5.10. The van der Waals surface area contributed by atoms with E-state index in [1.807, 2.05) is 16.8 Å². The van der Waals surface area contributed by atoms with Gasteiger partial charge in [-0.3, -0.25) is 10.1 Å². The number of nitro groups is 1. The fraction of sp³-hybridized carbons (Fsp3) is 0.0909. The molecule has 0 saturated carbocycles. The molecule has 0 radical (unpaired) electrons. The topological polar surface area (TPSA) is 69.2 Å². The monoisotopic (exact) mass is 304 g/mol. The molecule has 96 valence electrons. The van der Waals surface area contributed by atoms with Crippen LogP contribution in [0.3, 0.4) is 0 Å². The van der Waals surface area contributed by atoms with E-state index in [1.54, 1.807) is 6.07 Å². The average molecular weight is 305 g/mol. The first-order chi connectivity index (χ1) is 8.09. The van der Waals surface area contributed by atoms with Gasteiger partial charge in [0.25, 0.3) is 5.69 Å². The van der Waals surface area contributed by atoms with E-state index in [2.05, 4.69) is 0 Å². The minimum absolute atomic E-state index is 0.